The molecule has 0 spiro atoms. The zero-order valence-electron chi connectivity index (χ0n) is 10.7. The van der Waals surface area contributed by atoms with Crippen LogP contribution < -0.4 is 10.1 Å². The summed E-state index contributed by atoms with van der Waals surface area (Å²) < 4.78 is 5.21. The van der Waals surface area contributed by atoms with Gasteiger partial charge in [-0.25, -0.2) is 0 Å². The molecule has 1 heterocycles. The number of benzene rings is 1. The molecular weight excluding hydrogens is 264 g/mol. The van der Waals surface area contributed by atoms with Gasteiger partial charge >= 0.3 is 0 Å². The number of carbonyl (C=O) groups is 1. The molecule has 1 aromatic carbocycles. The fourth-order valence-corrected chi connectivity index (χ4v) is 1.61. The molecule has 100 valence electrons. The number of hydrogen-bond donors (Lipinski definition) is 1. The fraction of sp³-hybridized carbons (Fsp3) is 0.143. The van der Waals surface area contributed by atoms with Crippen LogP contribution >= 0.6 is 12.4 Å². The molecule has 2 aromatic rings. The summed E-state index contributed by atoms with van der Waals surface area (Å²) in [6.07, 6.45) is 3.15. The highest BCUT2D eigenvalue weighted by atomic mass is 35.5. The summed E-state index contributed by atoms with van der Waals surface area (Å²) in [6, 6.07) is 9.06. The molecule has 2 rings (SSSR count). The number of methoxy groups -OCH3 is 1. The number of carbonyl (C=O) groups excluding carboxylic acids is 1. The minimum atomic E-state index is -0.202. The van der Waals surface area contributed by atoms with Crippen molar-refractivity contribution in [2.75, 3.05) is 12.4 Å². The molecule has 0 radical (unpaired) electrons. The Morgan fingerprint density at radius 1 is 1.32 bits per heavy atom. The van der Waals surface area contributed by atoms with Crippen LogP contribution in [-0.2, 0) is 0 Å². The van der Waals surface area contributed by atoms with E-state index >= 15 is 0 Å². The Bertz CT molecular complexity index is 559. The van der Waals surface area contributed by atoms with Gasteiger partial charge in [-0.2, -0.15) is 0 Å². The van der Waals surface area contributed by atoms with E-state index in [0.717, 1.165) is 5.56 Å². The highest BCUT2D eigenvalue weighted by Gasteiger charge is 2.09. The maximum Gasteiger partial charge on any atom is 0.257 e. The summed E-state index contributed by atoms with van der Waals surface area (Å²) in [4.78, 5) is 15.9. The van der Waals surface area contributed by atoms with Crippen molar-refractivity contribution >= 4 is 24.0 Å². The van der Waals surface area contributed by atoms with Crippen LogP contribution in [0.5, 0.6) is 5.75 Å². The van der Waals surface area contributed by atoms with Gasteiger partial charge in [-0.05, 0) is 36.8 Å². The largest absolute Gasteiger partial charge is 0.495 e. The lowest BCUT2D eigenvalue weighted by Gasteiger charge is -2.10. The molecule has 1 amide bonds. The molecule has 0 fully saturated rings. The van der Waals surface area contributed by atoms with Crippen molar-refractivity contribution in [2.24, 2.45) is 0 Å². The van der Waals surface area contributed by atoms with Crippen LogP contribution in [0.3, 0.4) is 0 Å². The van der Waals surface area contributed by atoms with E-state index in [1.165, 1.54) is 6.20 Å². The van der Waals surface area contributed by atoms with Gasteiger partial charge in [0.2, 0.25) is 0 Å². The van der Waals surface area contributed by atoms with Crippen molar-refractivity contribution in [2.45, 2.75) is 6.92 Å². The van der Waals surface area contributed by atoms with Gasteiger partial charge in [-0.15, -0.1) is 12.4 Å². The van der Waals surface area contributed by atoms with Crippen LogP contribution in [0.2, 0.25) is 0 Å². The summed E-state index contributed by atoms with van der Waals surface area (Å²) in [7, 11) is 1.57. The van der Waals surface area contributed by atoms with E-state index in [2.05, 4.69) is 10.3 Å². The van der Waals surface area contributed by atoms with Gasteiger partial charge in [0.05, 0.1) is 18.4 Å². The molecule has 5 heteroatoms. The molecule has 0 bridgehead atoms. The Morgan fingerprint density at radius 2 is 2.11 bits per heavy atom. The number of anilines is 1. The van der Waals surface area contributed by atoms with Crippen LogP contribution in [0.15, 0.2) is 42.7 Å². The summed E-state index contributed by atoms with van der Waals surface area (Å²) in [5, 5.41) is 2.81. The minimum absolute atomic E-state index is 0. The summed E-state index contributed by atoms with van der Waals surface area (Å²) in [5.74, 6) is 0.435. The number of nitrogens with zero attached hydrogens (tertiary/aromatic N) is 1. The second-order valence-electron chi connectivity index (χ2n) is 3.90. The first-order valence-corrected chi connectivity index (χ1v) is 5.56. The predicted molar refractivity (Wildman–Crippen MR) is 77.2 cm³/mol. The number of aromatic nitrogens is 1. The first kappa shape index (κ1) is 15.0. The van der Waals surface area contributed by atoms with Crippen LogP contribution in [0.1, 0.15) is 15.9 Å². The second-order valence-corrected chi connectivity index (χ2v) is 3.90. The Kier molecular flexibility index (Phi) is 5.33. The van der Waals surface area contributed by atoms with E-state index in [1.807, 2.05) is 25.1 Å². The highest BCUT2D eigenvalue weighted by molar-refractivity contribution is 6.04. The van der Waals surface area contributed by atoms with Gasteiger partial charge in [0.15, 0.2) is 0 Å². The standard InChI is InChI=1S/C14H14N2O2.ClH/c1-10-5-6-13(18-2)12(8-10)16-14(17)11-4-3-7-15-9-11;/h3-9H,1-2H3,(H,16,17);1H. The Balaban J connectivity index is 0.00000180. The lowest BCUT2D eigenvalue weighted by molar-refractivity contribution is 0.102. The van der Waals surface area contributed by atoms with Crippen molar-refractivity contribution in [1.29, 1.82) is 0 Å². The van der Waals surface area contributed by atoms with Gasteiger partial charge in [-0.3, -0.25) is 9.78 Å². The maximum atomic E-state index is 12.0. The van der Waals surface area contributed by atoms with E-state index in [-0.39, 0.29) is 18.3 Å². The fourth-order valence-electron chi connectivity index (χ4n) is 1.61. The predicted octanol–water partition coefficient (Wildman–Crippen LogP) is 3.07. The van der Waals surface area contributed by atoms with Crippen molar-refractivity contribution in [3.05, 3.63) is 53.9 Å². The smallest absolute Gasteiger partial charge is 0.257 e. The van der Waals surface area contributed by atoms with Crippen molar-refractivity contribution < 1.29 is 9.53 Å². The summed E-state index contributed by atoms with van der Waals surface area (Å²) >= 11 is 0. The minimum Gasteiger partial charge on any atom is -0.495 e. The summed E-state index contributed by atoms with van der Waals surface area (Å²) in [6.45, 7) is 1.96. The van der Waals surface area contributed by atoms with E-state index in [1.54, 1.807) is 25.4 Å². The molecule has 0 aliphatic heterocycles. The number of amides is 1. The summed E-state index contributed by atoms with van der Waals surface area (Å²) in [5.41, 5.74) is 2.23. The van der Waals surface area contributed by atoms with Gasteiger partial charge in [0, 0.05) is 12.4 Å². The van der Waals surface area contributed by atoms with Crippen molar-refractivity contribution in [1.82, 2.24) is 4.98 Å². The number of ether oxygens (including phenoxy) is 1. The molecular formula is C14H15ClN2O2. The average Bonchev–Trinajstić information content (AvgIpc) is 2.40. The Labute approximate surface area is 118 Å². The quantitative estimate of drug-likeness (QED) is 0.939. The zero-order valence-corrected chi connectivity index (χ0v) is 11.5. The number of aryl methyl sites for hydroxylation is 1. The molecule has 0 aliphatic carbocycles. The maximum absolute atomic E-state index is 12.0. The normalized spacial score (nSPS) is 9.37. The molecule has 0 atom stereocenters. The lowest BCUT2D eigenvalue weighted by atomic mass is 10.2. The highest BCUT2D eigenvalue weighted by Crippen LogP contribution is 2.25. The first-order valence-electron chi connectivity index (χ1n) is 5.56. The Morgan fingerprint density at radius 3 is 2.74 bits per heavy atom. The van der Waals surface area contributed by atoms with Crippen molar-refractivity contribution in [3.8, 4) is 5.75 Å². The SMILES string of the molecule is COc1ccc(C)cc1NC(=O)c1cccnc1.Cl. The molecule has 4 nitrogen and oxygen atoms in total. The number of pyridine rings is 1. The third-order valence-electron chi connectivity index (χ3n) is 2.53. The van der Waals surface area contributed by atoms with Crippen LogP contribution in [0.25, 0.3) is 0 Å². The third kappa shape index (κ3) is 3.69. The second kappa shape index (κ2) is 6.75. The topological polar surface area (TPSA) is 51.2 Å². The van der Waals surface area contributed by atoms with Crippen LogP contribution in [0.4, 0.5) is 5.69 Å². The van der Waals surface area contributed by atoms with Crippen molar-refractivity contribution in [3.63, 3.8) is 0 Å². The first-order chi connectivity index (χ1) is 8.70. The molecule has 0 saturated carbocycles. The van der Waals surface area contributed by atoms with Crippen LogP contribution in [-0.4, -0.2) is 18.0 Å². The Hall–Kier alpha value is -2.07. The van der Waals surface area contributed by atoms with Gasteiger partial charge < -0.3 is 10.1 Å². The zero-order chi connectivity index (χ0) is 13.0. The van der Waals surface area contributed by atoms with Crippen LogP contribution in [0, 0.1) is 6.92 Å². The molecule has 1 N–H and O–H groups in total. The van der Waals surface area contributed by atoms with Gasteiger partial charge in [0.1, 0.15) is 5.75 Å². The third-order valence-corrected chi connectivity index (χ3v) is 2.53. The number of rotatable bonds is 3. The molecule has 0 saturated heterocycles. The monoisotopic (exact) mass is 278 g/mol. The van der Waals surface area contributed by atoms with Gasteiger partial charge in [-0.1, -0.05) is 6.07 Å². The van der Waals surface area contributed by atoms with E-state index in [4.69, 9.17) is 4.74 Å². The number of nitrogens with one attached hydrogen (secondary N) is 1. The van der Waals surface area contributed by atoms with E-state index < -0.39 is 0 Å². The lowest BCUT2D eigenvalue weighted by Crippen LogP contribution is -2.12. The number of hydrogen-bond acceptors (Lipinski definition) is 3. The number of halogens is 1. The average molecular weight is 279 g/mol. The van der Waals surface area contributed by atoms with Gasteiger partial charge in [0.25, 0.3) is 5.91 Å². The molecule has 0 aliphatic rings. The molecule has 19 heavy (non-hydrogen) atoms. The van der Waals surface area contributed by atoms with E-state index in [0.29, 0.717) is 17.0 Å². The molecule has 1 aromatic heterocycles. The molecule has 0 unspecified atom stereocenters. The van der Waals surface area contributed by atoms with E-state index in [9.17, 15) is 4.79 Å².